The maximum absolute atomic E-state index is 12.1. The van der Waals surface area contributed by atoms with Crippen LogP contribution in [0.1, 0.15) is 57.6 Å². The second kappa shape index (κ2) is 8.23. The summed E-state index contributed by atoms with van der Waals surface area (Å²) in [6.07, 6.45) is 5.59. The summed E-state index contributed by atoms with van der Waals surface area (Å²) in [4.78, 5) is 35.2. The van der Waals surface area contributed by atoms with Crippen LogP contribution in [0.3, 0.4) is 0 Å². The molecule has 0 fully saturated rings. The van der Waals surface area contributed by atoms with Gasteiger partial charge in [-0.2, -0.15) is 0 Å². The van der Waals surface area contributed by atoms with Gasteiger partial charge in [0.25, 0.3) is 0 Å². The van der Waals surface area contributed by atoms with Crippen molar-refractivity contribution in [1.29, 1.82) is 0 Å². The van der Waals surface area contributed by atoms with Gasteiger partial charge in [0.15, 0.2) is 12.4 Å². The van der Waals surface area contributed by atoms with Crippen LogP contribution in [0.2, 0.25) is 10.0 Å². The molecule has 0 amide bonds. The molecule has 0 heterocycles. The lowest BCUT2D eigenvalue weighted by atomic mass is 9.70. The van der Waals surface area contributed by atoms with Gasteiger partial charge >= 0.3 is 11.9 Å². The first-order valence-corrected chi connectivity index (χ1v) is 10.6. The monoisotopic (exact) mass is 454 g/mol. The Hall–Kier alpha value is -2.05. The van der Waals surface area contributed by atoms with E-state index >= 15 is 0 Å². The summed E-state index contributed by atoms with van der Waals surface area (Å²) >= 11 is 13.0. The molecule has 0 radical (unpaired) electrons. The normalized spacial score (nSPS) is 20.3. The van der Waals surface area contributed by atoms with Crippen LogP contribution >= 0.6 is 23.2 Å². The topological polar surface area (TPSA) is 89.9 Å². The van der Waals surface area contributed by atoms with E-state index in [1.165, 1.54) is 13.8 Å². The smallest absolute Gasteiger partial charge is 0.347 e. The number of carboxylic acid groups (broad SMARTS) is 1. The molecule has 3 rings (SSSR count). The lowest BCUT2D eigenvalue weighted by Gasteiger charge is -2.33. The first-order chi connectivity index (χ1) is 14.0. The summed E-state index contributed by atoms with van der Waals surface area (Å²) in [6.45, 7) is 4.15. The molecule has 0 aliphatic heterocycles. The highest BCUT2D eigenvalue weighted by Crippen LogP contribution is 2.58. The molecule has 162 valence electrons. The third kappa shape index (κ3) is 4.08. The van der Waals surface area contributed by atoms with E-state index in [9.17, 15) is 14.4 Å². The minimum atomic E-state index is -1.67. The van der Waals surface area contributed by atoms with Crippen LogP contribution in [-0.4, -0.2) is 35.0 Å². The molecule has 0 saturated carbocycles. The van der Waals surface area contributed by atoms with Gasteiger partial charge in [0, 0.05) is 17.4 Å². The van der Waals surface area contributed by atoms with E-state index in [4.69, 9.17) is 37.8 Å². The fourth-order valence-electron chi connectivity index (χ4n) is 4.28. The number of fused-ring (bicyclic) bond motifs is 3. The standard InChI is InChI=1S/C22H24Cl2O6/c1-4-6-22-7-5-13(25)9-14(22)17-12(10-22)8-15(18(23)19(17)24)29-11-16(26)30-21(2,3)20(27)28/h8-9H,4-7,10-11H2,1-3H3,(H,27,28). The molecule has 30 heavy (non-hydrogen) atoms. The highest BCUT2D eigenvalue weighted by molar-refractivity contribution is 6.44. The predicted molar refractivity (Wildman–Crippen MR) is 113 cm³/mol. The molecule has 1 aromatic rings. The number of ketones is 1. The van der Waals surface area contributed by atoms with Crippen molar-refractivity contribution in [3.63, 3.8) is 0 Å². The van der Waals surface area contributed by atoms with Gasteiger partial charge in [-0.1, -0.05) is 36.5 Å². The predicted octanol–water partition coefficient (Wildman–Crippen LogP) is 4.87. The summed E-state index contributed by atoms with van der Waals surface area (Å²) in [5.74, 6) is -1.79. The quantitative estimate of drug-likeness (QED) is 0.591. The van der Waals surface area contributed by atoms with Gasteiger partial charge < -0.3 is 14.6 Å². The third-order valence-corrected chi connectivity index (χ3v) is 6.59. The first-order valence-electron chi connectivity index (χ1n) is 9.85. The molecule has 1 atom stereocenters. The number of allylic oxidation sites excluding steroid dienone is 2. The van der Waals surface area contributed by atoms with Crippen molar-refractivity contribution < 1.29 is 29.0 Å². The summed E-state index contributed by atoms with van der Waals surface area (Å²) in [5.41, 5.74) is 0.844. The van der Waals surface area contributed by atoms with Gasteiger partial charge in [0.1, 0.15) is 10.8 Å². The highest BCUT2D eigenvalue weighted by Gasteiger charge is 2.45. The number of hydrogen-bond donors (Lipinski definition) is 1. The van der Waals surface area contributed by atoms with Crippen LogP contribution in [0.15, 0.2) is 12.1 Å². The molecule has 2 aliphatic rings. The van der Waals surface area contributed by atoms with Crippen molar-refractivity contribution in [2.24, 2.45) is 5.41 Å². The van der Waals surface area contributed by atoms with Gasteiger partial charge in [-0.3, -0.25) is 4.79 Å². The second-order valence-corrected chi connectivity index (χ2v) is 9.10. The van der Waals surface area contributed by atoms with Crippen LogP contribution < -0.4 is 4.74 Å². The van der Waals surface area contributed by atoms with E-state index in [0.717, 1.165) is 42.4 Å². The van der Waals surface area contributed by atoms with E-state index in [0.29, 0.717) is 11.4 Å². The highest BCUT2D eigenvalue weighted by atomic mass is 35.5. The first kappa shape index (κ1) is 22.6. The van der Waals surface area contributed by atoms with Crippen LogP contribution in [0.5, 0.6) is 5.75 Å². The number of esters is 1. The number of hydrogen-bond acceptors (Lipinski definition) is 5. The number of carboxylic acids is 1. The Morgan fingerprint density at radius 3 is 2.60 bits per heavy atom. The lowest BCUT2D eigenvalue weighted by molar-refractivity contribution is -0.175. The molecule has 2 aliphatic carbocycles. The number of halogens is 2. The molecule has 0 spiro atoms. The van der Waals surface area contributed by atoms with E-state index in [1.807, 2.05) is 0 Å². The maximum Gasteiger partial charge on any atom is 0.347 e. The second-order valence-electron chi connectivity index (χ2n) is 8.35. The van der Waals surface area contributed by atoms with Crippen molar-refractivity contribution in [3.8, 4) is 5.75 Å². The van der Waals surface area contributed by atoms with E-state index in [1.54, 1.807) is 12.1 Å². The van der Waals surface area contributed by atoms with Crippen molar-refractivity contribution >= 4 is 46.5 Å². The van der Waals surface area contributed by atoms with Crippen molar-refractivity contribution in [1.82, 2.24) is 0 Å². The zero-order valence-corrected chi connectivity index (χ0v) is 18.7. The van der Waals surface area contributed by atoms with Gasteiger partial charge in [0.2, 0.25) is 5.60 Å². The van der Waals surface area contributed by atoms with Gasteiger partial charge in [0.05, 0.1) is 5.02 Å². The molecule has 1 aromatic carbocycles. The number of ether oxygens (including phenoxy) is 2. The molecule has 6 nitrogen and oxygen atoms in total. The minimum Gasteiger partial charge on any atom is -0.480 e. The van der Waals surface area contributed by atoms with E-state index in [-0.39, 0.29) is 22.0 Å². The zero-order valence-electron chi connectivity index (χ0n) is 17.1. The molecule has 0 saturated heterocycles. The summed E-state index contributed by atoms with van der Waals surface area (Å²) in [5, 5.41) is 9.50. The van der Waals surface area contributed by atoms with Crippen molar-refractivity contribution in [2.75, 3.05) is 6.61 Å². The maximum atomic E-state index is 12.1. The van der Waals surface area contributed by atoms with Gasteiger partial charge in [-0.15, -0.1) is 0 Å². The Bertz CT molecular complexity index is 949. The van der Waals surface area contributed by atoms with Crippen molar-refractivity contribution in [2.45, 2.75) is 58.5 Å². The van der Waals surface area contributed by atoms with Crippen LogP contribution in [-0.2, 0) is 25.5 Å². The molecular weight excluding hydrogens is 431 g/mol. The molecule has 1 N–H and O–H groups in total. The Balaban J connectivity index is 1.87. The SMILES string of the molecule is CCCC12CCC(=O)C=C1c1c(cc(OCC(=O)OC(C)(C)C(=O)O)c(Cl)c1Cl)C2. The third-order valence-electron chi connectivity index (χ3n) is 5.74. The molecule has 0 bridgehead atoms. The Morgan fingerprint density at radius 2 is 1.97 bits per heavy atom. The number of carbonyl (C=O) groups excluding carboxylic acids is 2. The summed E-state index contributed by atoms with van der Waals surface area (Å²) in [6, 6.07) is 1.75. The zero-order chi connectivity index (χ0) is 22.3. The van der Waals surface area contributed by atoms with Gasteiger partial charge in [-0.05, 0) is 56.4 Å². The minimum absolute atomic E-state index is 0.0842. The largest absolute Gasteiger partial charge is 0.480 e. The van der Waals surface area contributed by atoms with E-state index in [2.05, 4.69) is 6.92 Å². The Kier molecular flexibility index (Phi) is 6.21. The molecule has 1 unspecified atom stereocenters. The van der Waals surface area contributed by atoms with E-state index < -0.39 is 24.1 Å². The molecule has 8 heteroatoms. The van der Waals surface area contributed by atoms with Gasteiger partial charge in [-0.25, -0.2) is 9.59 Å². The summed E-state index contributed by atoms with van der Waals surface area (Å²) in [7, 11) is 0. The Morgan fingerprint density at radius 1 is 1.27 bits per heavy atom. The number of aliphatic carboxylic acids is 1. The fourth-order valence-corrected chi connectivity index (χ4v) is 4.80. The number of carbonyl (C=O) groups is 3. The fraction of sp³-hybridized carbons (Fsp3) is 0.500. The average molecular weight is 455 g/mol. The molecule has 0 aromatic heterocycles. The van der Waals surface area contributed by atoms with Crippen LogP contribution in [0.4, 0.5) is 0 Å². The van der Waals surface area contributed by atoms with Crippen LogP contribution in [0.25, 0.3) is 5.57 Å². The summed E-state index contributed by atoms with van der Waals surface area (Å²) < 4.78 is 10.5. The Labute approximate surface area is 185 Å². The van der Waals surface area contributed by atoms with Crippen molar-refractivity contribution in [3.05, 3.63) is 33.3 Å². The average Bonchev–Trinajstić information content (AvgIpc) is 2.97. The van der Waals surface area contributed by atoms with Crippen LogP contribution in [0, 0.1) is 5.41 Å². The lowest BCUT2D eigenvalue weighted by Crippen LogP contribution is -2.38. The number of benzene rings is 1. The number of rotatable bonds is 7. The molecular formula is C22H24Cl2O6.